The van der Waals surface area contributed by atoms with Crippen molar-refractivity contribution in [3.05, 3.63) is 65.9 Å². The number of rotatable bonds is 11. The van der Waals surface area contributed by atoms with Gasteiger partial charge < -0.3 is 14.7 Å². The molecule has 0 unspecified atom stereocenters. The number of halogens is 4. The molecule has 1 aromatic heterocycles. The summed E-state index contributed by atoms with van der Waals surface area (Å²) in [5.41, 5.74) is 0.731. The maximum absolute atomic E-state index is 15.4. The summed E-state index contributed by atoms with van der Waals surface area (Å²) in [5.74, 6) is 1.85. The number of hydrogen-bond acceptors (Lipinski definition) is 5. The molecule has 3 atom stereocenters. The van der Waals surface area contributed by atoms with Crippen molar-refractivity contribution in [1.82, 2.24) is 9.88 Å². The van der Waals surface area contributed by atoms with Gasteiger partial charge in [-0.25, -0.2) is 4.39 Å². The number of aromatic nitrogens is 1. The lowest BCUT2D eigenvalue weighted by molar-refractivity contribution is -0.137. The summed E-state index contributed by atoms with van der Waals surface area (Å²) >= 11 is 1.55. The second-order valence-electron chi connectivity index (χ2n) is 9.84. The Morgan fingerprint density at radius 1 is 1.13 bits per heavy atom. The summed E-state index contributed by atoms with van der Waals surface area (Å²) < 4.78 is 58.8. The highest BCUT2D eigenvalue weighted by molar-refractivity contribution is 7.99. The number of thioether (sulfide) groups is 1. The molecular formula is C29H34F4N2O2S. The third-order valence-electron chi connectivity index (χ3n) is 7.39. The largest absolute Gasteiger partial charge is 0.497 e. The van der Waals surface area contributed by atoms with E-state index in [1.165, 1.54) is 12.1 Å². The molecule has 2 heterocycles. The number of aliphatic hydroxyl groups excluding tert-OH is 1. The number of methoxy groups -OCH3 is 1. The van der Waals surface area contributed by atoms with Crippen LogP contribution in [0, 0.1) is 11.8 Å². The van der Waals surface area contributed by atoms with E-state index < -0.39 is 17.9 Å². The minimum absolute atomic E-state index is 0.0772. The normalized spacial score (nSPS) is 19.5. The van der Waals surface area contributed by atoms with Crippen molar-refractivity contribution in [1.29, 1.82) is 0 Å². The van der Waals surface area contributed by atoms with Crippen LogP contribution in [0.3, 0.4) is 0 Å². The quantitative estimate of drug-likeness (QED) is 0.156. The van der Waals surface area contributed by atoms with Crippen LogP contribution in [0.4, 0.5) is 17.6 Å². The minimum Gasteiger partial charge on any atom is -0.497 e. The molecule has 1 fully saturated rings. The molecule has 1 aliphatic heterocycles. The van der Waals surface area contributed by atoms with E-state index >= 15 is 4.39 Å². The number of benzene rings is 2. The zero-order valence-corrected chi connectivity index (χ0v) is 22.3. The molecule has 1 N–H and O–H groups in total. The molecular weight excluding hydrogens is 516 g/mol. The van der Waals surface area contributed by atoms with Gasteiger partial charge in [-0.05, 0) is 110 Å². The van der Waals surface area contributed by atoms with Crippen LogP contribution in [-0.2, 0) is 6.18 Å². The molecule has 0 spiro atoms. The van der Waals surface area contributed by atoms with Crippen molar-refractivity contribution in [2.45, 2.75) is 42.9 Å². The monoisotopic (exact) mass is 550 g/mol. The number of pyridine rings is 1. The fourth-order valence-corrected chi connectivity index (χ4v) is 6.06. The van der Waals surface area contributed by atoms with Crippen molar-refractivity contribution in [2.24, 2.45) is 11.8 Å². The first-order valence-electron chi connectivity index (χ1n) is 13.0. The Morgan fingerprint density at radius 2 is 1.92 bits per heavy atom. The molecule has 4 rings (SSSR count). The summed E-state index contributed by atoms with van der Waals surface area (Å²) in [6, 6.07) is 12.5. The minimum atomic E-state index is -4.31. The Labute approximate surface area is 225 Å². The van der Waals surface area contributed by atoms with E-state index in [2.05, 4.69) is 9.88 Å². The molecule has 1 saturated heterocycles. The molecule has 0 bridgehead atoms. The fraction of sp³-hybridized carbons (Fsp3) is 0.483. The number of likely N-dealkylation sites (tertiary alicyclic amines) is 1. The van der Waals surface area contributed by atoms with Crippen molar-refractivity contribution >= 4 is 22.7 Å². The molecule has 0 radical (unpaired) electrons. The first-order valence-corrected chi connectivity index (χ1v) is 14.0. The standard InChI is InChI=1S/C29H34F4N2O2S/c1-37-23-6-10-28-26(17-23)25(11-13-34-28)27(30)9-3-20-12-15-35(18-21(20)19-36)14-2-16-38-24-7-4-22(5-8-24)29(31,32)33/h4-8,10-11,13,17,20-21,27,36H,2-3,9,12,14-16,18-19H2,1H3/t20-,21-,27-/m1/s1. The lowest BCUT2D eigenvalue weighted by Gasteiger charge is -2.38. The predicted molar refractivity (Wildman–Crippen MR) is 143 cm³/mol. The van der Waals surface area contributed by atoms with Crippen LogP contribution in [0.5, 0.6) is 5.75 Å². The van der Waals surface area contributed by atoms with Gasteiger partial charge in [0.15, 0.2) is 0 Å². The van der Waals surface area contributed by atoms with Crippen LogP contribution in [-0.4, -0.2) is 54.1 Å². The van der Waals surface area contributed by atoms with E-state index in [-0.39, 0.29) is 18.4 Å². The van der Waals surface area contributed by atoms with Gasteiger partial charge in [0.05, 0.1) is 18.2 Å². The molecule has 3 aromatic rings. The molecule has 1 aliphatic rings. The van der Waals surface area contributed by atoms with Crippen LogP contribution in [0.15, 0.2) is 59.6 Å². The van der Waals surface area contributed by atoms with Crippen LogP contribution in [0.2, 0.25) is 0 Å². The van der Waals surface area contributed by atoms with Crippen molar-refractivity contribution in [2.75, 3.05) is 39.1 Å². The fourth-order valence-electron chi connectivity index (χ4n) is 5.23. The molecule has 4 nitrogen and oxygen atoms in total. The lowest BCUT2D eigenvalue weighted by atomic mass is 9.81. The Hall–Kier alpha value is -2.36. The van der Waals surface area contributed by atoms with E-state index in [1.807, 2.05) is 18.2 Å². The lowest BCUT2D eigenvalue weighted by Crippen LogP contribution is -2.42. The predicted octanol–water partition coefficient (Wildman–Crippen LogP) is 7.17. The number of fused-ring (bicyclic) bond motifs is 1. The maximum atomic E-state index is 15.4. The Balaban J connectivity index is 1.23. The van der Waals surface area contributed by atoms with Gasteiger partial charge >= 0.3 is 6.18 Å². The number of alkyl halides is 4. The zero-order chi connectivity index (χ0) is 27.1. The number of nitrogens with zero attached hydrogens (tertiary/aromatic N) is 2. The Bertz CT molecular complexity index is 1180. The summed E-state index contributed by atoms with van der Waals surface area (Å²) in [6.07, 6.45) is -0.882. The second kappa shape index (κ2) is 13.1. The van der Waals surface area contributed by atoms with Crippen molar-refractivity contribution in [3.8, 4) is 5.75 Å². The van der Waals surface area contributed by atoms with Gasteiger partial charge in [-0.2, -0.15) is 13.2 Å². The summed E-state index contributed by atoms with van der Waals surface area (Å²) in [5, 5.41) is 10.8. The van der Waals surface area contributed by atoms with Gasteiger partial charge in [0.25, 0.3) is 0 Å². The number of aliphatic hydroxyl groups is 1. The van der Waals surface area contributed by atoms with Crippen molar-refractivity contribution < 1.29 is 27.4 Å². The summed E-state index contributed by atoms with van der Waals surface area (Å²) in [7, 11) is 1.59. The van der Waals surface area contributed by atoms with Gasteiger partial charge in [0, 0.05) is 29.6 Å². The molecule has 2 aromatic carbocycles. The van der Waals surface area contributed by atoms with Gasteiger partial charge in [-0.1, -0.05) is 0 Å². The van der Waals surface area contributed by atoms with E-state index in [1.54, 1.807) is 31.1 Å². The van der Waals surface area contributed by atoms with E-state index in [0.717, 1.165) is 66.2 Å². The molecule has 0 amide bonds. The molecule has 0 aliphatic carbocycles. The highest BCUT2D eigenvalue weighted by atomic mass is 32.2. The average Bonchev–Trinajstić information content (AvgIpc) is 2.93. The van der Waals surface area contributed by atoms with Gasteiger partial charge in [0.1, 0.15) is 11.9 Å². The number of ether oxygens (including phenoxy) is 1. The number of piperidine rings is 1. The average molecular weight is 551 g/mol. The van der Waals surface area contributed by atoms with Gasteiger partial charge in [-0.15, -0.1) is 11.8 Å². The third-order valence-corrected chi connectivity index (χ3v) is 8.49. The SMILES string of the molecule is COc1ccc2nccc([C@H](F)CC[C@@H]3CCN(CCCSc4ccc(C(F)(F)F)cc4)C[C@@H]3CO)c2c1. The van der Waals surface area contributed by atoms with Crippen LogP contribution < -0.4 is 4.74 Å². The Kier molecular flexibility index (Phi) is 9.90. The second-order valence-corrected chi connectivity index (χ2v) is 11.0. The first-order chi connectivity index (χ1) is 18.3. The molecule has 38 heavy (non-hydrogen) atoms. The highest BCUT2D eigenvalue weighted by Gasteiger charge is 2.30. The maximum Gasteiger partial charge on any atom is 0.416 e. The van der Waals surface area contributed by atoms with E-state index in [4.69, 9.17) is 4.74 Å². The molecule has 0 saturated carbocycles. The van der Waals surface area contributed by atoms with E-state index in [0.29, 0.717) is 24.2 Å². The van der Waals surface area contributed by atoms with Crippen LogP contribution in [0.1, 0.15) is 43.0 Å². The highest BCUT2D eigenvalue weighted by Crippen LogP contribution is 2.35. The zero-order valence-electron chi connectivity index (χ0n) is 21.5. The summed E-state index contributed by atoms with van der Waals surface area (Å²) in [4.78, 5) is 7.50. The van der Waals surface area contributed by atoms with E-state index in [9.17, 15) is 18.3 Å². The summed E-state index contributed by atoms with van der Waals surface area (Å²) in [6.45, 7) is 2.62. The van der Waals surface area contributed by atoms with Crippen molar-refractivity contribution in [3.63, 3.8) is 0 Å². The van der Waals surface area contributed by atoms with Crippen LogP contribution in [0.25, 0.3) is 10.9 Å². The van der Waals surface area contributed by atoms with Gasteiger partial charge in [-0.3, -0.25) is 4.98 Å². The Morgan fingerprint density at radius 3 is 2.63 bits per heavy atom. The number of hydrogen-bond donors (Lipinski definition) is 1. The molecule has 9 heteroatoms. The topological polar surface area (TPSA) is 45.6 Å². The first kappa shape index (κ1) is 28.6. The van der Waals surface area contributed by atoms with Gasteiger partial charge in [0.2, 0.25) is 0 Å². The smallest absolute Gasteiger partial charge is 0.416 e. The molecule has 206 valence electrons. The third kappa shape index (κ3) is 7.39. The van der Waals surface area contributed by atoms with Crippen LogP contribution >= 0.6 is 11.8 Å².